The Bertz CT molecular complexity index is 540. The third-order valence-corrected chi connectivity index (χ3v) is 4.86. The maximum absolute atomic E-state index is 10.5. The summed E-state index contributed by atoms with van der Waals surface area (Å²) in [5, 5.41) is 10.7. The van der Waals surface area contributed by atoms with E-state index in [2.05, 4.69) is 18.2 Å². The van der Waals surface area contributed by atoms with Crippen LogP contribution in [0, 0.1) is 0 Å². The Hall–Kier alpha value is -1.45. The summed E-state index contributed by atoms with van der Waals surface area (Å²) in [5.41, 5.74) is 2.29. The minimum atomic E-state index is -0.441. The van der Waals surface area contributed by atoms with Gasteiger partial charge in [-0.3, -0.25) is 0 Å². The van der Waals surface area contributed by atoms with E-state index in [0.29, 0.717) is 0 Å². The first-order valence-corrected chi connectivity index (χ1v) is 7.22. The van der Waals surface area contributed by atoms with Crippen LogP contribution >= 0.6 is 11.8 Å². The number of thioether (sulfide) groups is 1. The molecule has 1 aliphatic rings. The Morgan fingerprint density at radius 2 is 1.89 bits per heavy atom. The standard InChI is InChI=1S/C16H16O2S/c1-18-13-8-6-11(7-9-13)16(17)15-10-12-4-2-3-5-14(12)19-15/h2-9,15-17H,10H2,1H3. The Balaban J connectivity index is 1.77. The highest BCUT2D eigenvalue weighted by Gasteiger charge is 2.28. The topological polar surface area (TPSA) is 29.5 Å². The van der Waals surface area contributed by atoms with Gasteiger partial charge in [-0.2, -0.15) is 0 Å². The van der Waals surface area contributed by atoms with Crippen LogP contribution in [-0.4, -0.2) is 17.5 Å². The van der Waals surface area contributed by atoms with E-state index in [1.165, 1.54) is 10.5 Å². The molecular formula is C16H16O2S. The fourth-order valence-corrected chi connectivity index (χ4v) is 3.74. The van der Waals surface area contributed by atoms with Crippen molar-refractivity contribution in [3.05, 3.63) is 59.7 Å². The molecule has 3 rings (SSSR count). The number of methoxy groups -OCH3 is 1. The van der Waals surface area contributed by atoms with Crippen LogP contribution < -0.4 is 4.74 Å². The first-order valence-electron chi connectivity index (χ1n) is 6.34. The van der Waals surface area contributed by atoms with E-state index < -0.39 is 6.10 Å². The van der Waals surface area contributed by atoms with Crippen LogP contribution in [0.3, 0.4) is 0 Å². The summed E-state index contributed by atoms with van der Waals surface area (Å²) in [7, 11) is 1.65. The van der Waals surface area contributed by atoms with Gasteiger partial charge < -0.3 is 9.84 Å². The molecule has 2 aromatic carbocycles. The van der Waals surface area contributed by atoms with Gasteiger partial charge in [0, 0.05) is 10.1 Å². The molecule has 0 radical (unpaired) electrons. The minimum Gasteiger partial charge on any atom is -0.497 e. The lowest BCUT2D eigenvalue weighted by atomic mass is 10.0. The maximum Gasteiger partial charge on any atom is 0.118 e. The summed E-state index contributed by atoms with van der Waals surface area (Å²) in [6, 6.07) is 16.0. The van der Waals surface area contributed by atoms with Gasteiger partial charge in [0.15, 0.2) is 0 Å². The average Bonchev–Trinajstić information content (AvgIpc) is 2.90. The molecule has 1 heterocycles. The van der Waals surface area contributed by atoms with Crippen LogP contribution in [0.2, 0.25) is 0 Å². The van der Waals surface area contributed by atoms with E-state index in [9.17, 15) is 5.11 Å². The van der Waals surface area contributed by atoms with Crippen LogP contribution in [0.5, 0.6) is 5.75 Å². The second-order valence-corrected chi connectivity index (χ2v) is 5.97. The molecule has 19 heavy (non-hydrogen) atoms. The number of ether oxygens (including phenoxy) is 1. The SMILES string of the molecule is COc1ccc(C(O)C2Cc3ccccc3S2)cc1. The van der Waals surface area contributed by atoms with Crippen molar-refractivity contribution < 1.29 is 9.84 Å². The average molecular weight is 272 g/mol. The van der Waals surface area contributed by atoms with Crippen molar-refractivity contribution in [1.29, 1.82) is 0 Å². The minimum absolute atomic E-state index is 0.200. The molecule has 1 N–H and O–H groups in total. The Morgan fingerprint density at radius 3 is 2.58 bits per heavy atom. The Labute approximate surface area is 117 Å². The number of aliphatic hydroxyl groups excluding tert-OH is 1. The van der Waals surface area contributed by atoms with Gasteiger partial charge in [0.25, 0.3) is 0 Å². The van der Waals surface area contributed by atoms with Crippen molar-refractivity contribution in [2.45, 2.75) is 22.7 Å². The van der Waals surface area contributed by atoms with Gasteiger partial charge in [-0.1, -0.05) is 30.3 Å². The number of benzene rings is 2. The zero-order valence-corrected chi connectivity index (χ0v) is 11.6. The van der Waals surface area contributed by atoms with Gasteiger partial charge >= 0.3 is 0 Å². The second-order valence-electron chi connectivity index (χ2n) is 4.69. The van der Waals surface area contributed by atoms with E-state index in [-0.39, 0.29) is 5.25 Å². The molecule has 0 fully saturated rings. The van der Waals surface area contributed by atoms with Crippen molar-refractivity contribution in [3.8, 4) is 5.75 Å². The lowest BCUT2D eigenvalue weighted by Gasteiger charge is -2.17. The molecule has 3 heteroatoms. The largest absolute Gasteiger partial charge is 0.497 e. The number of hydrogen-bond acceptors (Lipinski definition) is 3. The van der Waals surface area contributed by atoms with Crippen molar-refractivity contribution in [2.24, 2.45) is 0 Å². The van der Waals surface area contributed by atoms with Crippen molar-refractivity contribution in [1.82, 2.24) is 0 Å². The Morgan fingerprint density at radius 1 is 1.16 bits per heavy atom. The predicted molar refractivity (Wildman–Crippen MR) is 77.7 cm³/mol. The summed E-state index contributed by atoms with van der Waals surface area (Å²) in [6.45, 7) is 0. The van der Waals surface area contributed by atoms with E-state index in [1.54, 1.807) is 18.9 Å². The fraction of sp³-hybridized carbons (Fsp3) is 0.250. The zero-order chi connectivity index (χ0) is 13.2. The number of fused-ring (bicyclic) bond motifs is 1. The highest BCUT2D eigenvalue weighted by atomic mass is 32.2. The van der Waals surface area contributed by atoms with Gasteiger partial charge in [-0.15, -0.1) is 11.8 Å². The monoisotopic (exact) mass is 272 g/mol. The van der Waals surface area contributed by atoms with Crippen LogP contribution in [0.15, 0.2) is 53.4 Å². The quantitative estimate of drug-likeness (QED) is 0.928. The second kappa shape index (κ2) is 5.27. The Kier molecular flexibility index (Phi) is 3.49. The number of rotatable bonds is 3. The molecule has 2 nitrogen and oxygen atoms in total. The van der Waals surface area contributed by atoms with Crippen LogP contribution in [0.4, 0.5) is 0 Å². The molecule has 0 bridgehead atoms. The molecule has 0 aliphatic carbocycles. The smallest absolute Gasteiger partial charge is 0.118 e. The highest BCUT2D eigenvalue weighted by Crippen LogP contribution is 2.42. The van der Waals surface area contributed by atoms with E-state index >= 15 is 0 Å². The van der Waals surface area contributed by atoms with Crippen LogP contribution in [0.1, 0.15) is 17.2 Å². The van der Waals surface area contributed by atoms with Gasteiger partial charge in [0.1, 0.15) is 5.75 Å². The highest BCUT2D eigenvalue weighted by molar-refractivity contribution is 8.00. The third-order valence-electron chi connectivity index (χ3n) is 3.48. The summed E-state index contributed by atoms with van der Waals surface area (Å²) in [5.74, 6) is 0.818. The van der Waals surface area contributed by atoms with Crippen LogP contribution in [-0.2, 0) is 6.42 Å². The zero-order valence-electron chi connectivity index (χ0n) is 10.7. The maximum atomic E-state index is 10.5. The molecular weight excluding hydrogens is 256 g/mol. The molecule has 1 aliphatic heterocycles. The predicted octanol–water partition coefficient (Wildman–Crippen LogP) is 3.45. The summed E-state index contributed by atoms with van der Waals surface area (Å²) < 4.78 is 5.14. The van der Waals surface area contributed by atoms with Gasteiger partial charge in [-0.25, -0.2) is 0 Å². The molecule has 2 aromatic rings. The summed E-state index contributed by atoms with van der Waals surface area (Å²) in [6.07, 6.45) is 0.483. The van der Waals surface area contributed by atoms with Gasteiger partial charge in [0.05, 0.1) is 13.2 Å². The number of aliphatic hydroxyl groups is 1. The third kappa shape index (κ3) is 2.48. The lowest BCUT2D eigenvalue weighted by molar-refractivity contribution is 0.175. The molecule has 0 saturated heterocycles. The summed E-state index contributed by atoms with van der Waals surface area (Å²) in [4.78, 5) is 1.29. The van der Waals surface area contributed by atoms with Crippen molar-refractivity contribution in [2.75, 3.05) is 7.11 Å². The first-order chi connectivity index (χ1) is 9.28. The number of hydrogen-bond donors (Lipinski definition) is 1. The molecule has 0 spiro atoms. The van der Waals surface area contributed by atoms with Gasteiger partial charge in [0.2, 0.25) is 0 Å². The van der Waals surface area contributed by atoms with E-state index in [4.69, 9.17) is 4.74 Å². The molecule has 0 saturated carbocycles. The molecule has 2 atom stereocenters. The van der Waals surface area contributed by atoms with E-state index in [1.807, 2.05) is 30.3 Å². The van der Waals surface area contributed by atoms with E-state index in [0.717, 1.165) is 17.7 Å². The fourth-order valence-electron chi connectivity index (χ4n) is 2.40. The normalized spacial score (nSPS) is 18.9. The summed E-state index contributed by atoms with van der Waals surface area (Å²) >= 11 is 1.77. The van der Waals surface area contributed by atoms with Crippen molar-refractivity contribution >= 4 is 11.8 Å². The van der Waals surface area contributed by atoms with Crippen molar-refractivity contribution in [3.63, 3.8) is 0 Å². The first kappa shape index (κ1) is 12.6. The lowest BCUT2D eigenvalue weighted by Crippen LogP contribution is -2.14. The molecule has 0 amide bonds. The molecule has 0 aromatic heterocycles. The van der Waals surface area contributed by atoms with Crippen LogP contribution in [0.25, 0.3) is 0 Å². The molecule has 2 unspecified atom stereocenters. The molecule has 98 valence electrons. The van der Waals surface area contributed by atoms with Gasteiger partial charge in [-0.05, 0) is 35.7 Å².